The highest BCUT2D eigenvalue weighted by Crippen LogP contribution is 2.21. The summed E-state index contributed by atoms with van der Waals surface area (Å²) in [6, 6.07) is 8.23. The van der Waals surface area contributed by atoms with E-state index in [1.807, 2.05) is 19.2 Å². The summed E-state index contributed by atoms with van der Waals surface area (Å²) >= 11 is 6.20. The van der Waals surface area contributed by atoms with Gasteiger partial charge >= 0.3 is 0 Å². The summed E-state index contributed by atoms with van der Waals surface area (Å²) in [5.74, 6) is 0. The van der Waals surface area contributed by atoms with Crippen molar-refractivity contribution in [1.82, 2.24) is 10.2 Å². The van der Waals surface area contributed by atoms with Gasteiger partial charge in [0.15, 0.2) is 0 Å². The van der Waals surface area contributed by atoms with Crippen molar-refractivity contribution in [2.45, 2.75) is 25.4 Å². The fourth-order valence-electron chi connectivity index (χ4n) is 2.42. The Bertz CT molecular complexity index is 453. The van der Waals surface area contributed by atoms with Gasteiger partial charge in [0.2, 0.25) is 0 Å². The zero-order chi connectivity index (χ0) is 13.0. The van der Waals surface area contributed by atoms with Gasteiger partial charge < -0.3 is 5.32 Å². The number of hydrogen-bond acceptors (Lipinski definition) is 3. The van der Waals surface area contributed by atoms with Gasteiger partial charge in [0.05, 0.1) is 11.6 Å². The molecular weight excluding hydrogens is 246 g/mol. The molecule has 4 heteroatoms. The number of nitrogens with zero attached hydrogens (tertiary/aromatic N) is 2. The molecule has 0 radical (unpaired) electrons. The number of likely N-dealkylation sites (tertiary alicyclic amines) is 1. The summed E-state index contributed by atoms with van der Waals surface area (Å²) in [5, 5.41) is 12.8. The van der Waals surface area contributed by atoms with Crippen LogP contribution in [-0.2, 0) is 6.54 Å². The minimum Gasteiger partial charge on any atom is -0.316 e. The number of likely N-dealkylation sites (N-methyl/N-ethyl adjacent to an activating group) is 1. The van der Waals surface area contributed by atoms with E-state index in [1.165, 1.54) is 12.8 Å². The first-order chi connectivity index (χ1) is 8.72. The third-order valence-corrected chi connectivity index (χ3v) is 3.84. The van der Waals surface area contributed by atoms with E-state index >= 15 is 0 Å². The van der Waals surface area contributed by atoms with Crippen LogP contribution in [0, 0.1) is 11.3 Å². The average molecular weight is 264 g/mol. The van der Waals surface area contributed by atoms with Crippen LogP contribution in [0.15, 0.2) is 18.2 Å². The van der Waals surface area contributed by atoms with Crippen LogP contribution in [-0.4, -0.2) is 31.1 Å². The van der Waals surface area contributed by atoms with Crippen molar-refractivity contribution in [2.75, 3.05) is 20.1 Å². The molecule has 1 aromatic carbocycles. The lowest BCUT2D eigenvalue weighted by Gasteiger charge is -2.32. The van der Waals surface area contributed by atoms with Crippen molar-refractivity contribution in [3.05, 3.63) is 34.3 Å². The Morgan fingerprint density at radius 1 is 1.56 bits per heavy atom. The first-order valence-corrected chi connectivity index (χ1v) is 6.69. The molecule has 2 rings (SSSR count). The highest BCUT2D eigenvalue weighted by atomic mass is 35.5. The van der Waals surface area contributed by atoms with E-state index < -0.39 is 0 Å². The number of nitriles is 1. The molecule has 0 aromatic heterocycles. The predicted octanol–water partition coefficient (Wildman–Crippen LogP) is 2.40. The quantitative estimate of drug-likeness (QED) is 0.910. The van der Waals surface area contributed by atoms with Gasteiger partial charge in [-0.25, -0.2) is 0 Å². The van der Waals surface area contributed by atoms with E-state index in [-0.39, 0.29) is 0 Å². The predicted molar refractivity (Wildman–Crippen MR) is 73.5 cm³/mol. The summed E-state index contributed by atoms with van der Waals surface area (Å²) in [5.41, 5.74) is 1.72. The van der Waals surface area contributed by atoms with Crippen molar-refractivity contribution in [1.29, 1.82) is 5.26 Å². The molecular formula is C14H18ClN3. The van der Waals surface area contributed by atoms with E-state index in [0.29, 0.717) is 16.6 Å². The second-order valence-electron chi connectivity index (χ2n) is 4.78. The Morgan fingerprint density at radius 3 is 3.06 bits per heavy atom. The van der Waals surface area contributed by atoms with Crippen LogP contribution in [0.2, 0.25) is 5.02 Å². The molecule has 1 aliphatic heterocycles. The Labute approximate surface area is 113 Å². The summed E-state index contributed by atoms with van der Waals surface area (Å²) in [6.07, 6.45) is 2.47. The van der Waals surface area contributed by atoms with Gasteiger partial charge in [-0.15, -0.1) is 0 Å². The number of hydrogen-bond donors (Lipinski definition) is 1. The first-order valence-electron chi connectivity index (χ1n) is 6.31. The van der Waals surface area contributed by atoms with Crippen molar-refractivity contribution in [3.8, 4) is 6.07 Å². The third kappa shape index (κ3) is 3.23. The van der Waals surface area contributed by atoms with Gasteiger partial charge in [-0.2, -0.15) is 5.26 Å². The molecule has 1 heterocycles. The molecule has 1 unspecified atom stereocenters. The molecule has 96 valence electrons. The number of rotatable bonds is 3. The van der Waals surface area contributed by atoms with Crippen LogP contribution in [0.1, 0.15) is 24.0 Å². The minimum atomic E-state index is 0.580. The van der Waals surface area contributed by atoms with Gasteiger partial charge in [-0.05, 0) is 44.1 Å². The van der Waals surface area contributed by atoms with E-state index in [9.17, 15) is 0 Å². The number of piperidine rings is 1. The van der Waals surface area contributed by atoms with E-state index in [2.05, 4.69) is 16.3 Å². The van der Waals surface area contributed by atoms with E-state index in [0.717, 1.165) is 25.2 Å². The lowest BCUT2D eigenvalue weighted by molar-refractivity contribution is 0.188. The summed E-state index contributed by atoms with van der Waals surface area (Å²) in [4.78, 5) is 2.41. The maximum absolute atomic E-state index is 8.81. The zero-order valence-electron chi connectivity index (χ0n) is 10.6. The zero-order valence-corrected chi connectivity index (χ0v) is 11.4. The van der Waals surface area contributed by atoms with Crippen molar-refractivity contribution in [2.24, 2.45) is 0 Å². The second kappa shape index (κ2) is 6.19. The topological polar surface area (TPSA) is 39.1 Å². The van der Waals surface area contributed by atoms with Crippen LogP contribution in [0.25, 0.3) is 0 Å². The van der Waals surface area contributed by atoms with Crippen molar-refractivity contribution >= 4 is 11.6 Å². The lowest BCUT2D eigenvalue weighted by Crippen LogP contribution is -2.43. The smallest absolute Gasteiger partial charge is 0.0992 e. The maximum Gasteiger partial charge on any atom is 0.0992 e. The van der Waals surface area contributed by atoms with Crippen LogP contribution in [0.4, 0.5) is 0 Å². The van der Waals surface area contributed by atoms with Crippen molar-refractivity contribution < 1.29 is 0 Å². The fourth-order valence-corrected chi connectivity index (χ4v) is 2.66. The monoisotopic (exact) mass is 263 g/mol. The molecule has 0 aliphatic carbocycles. The first kappa shape index (κ1) is 13.4. The van der Waals surface area contributed by atoms with E-state index in [4.69, 9.17) is 16.9 Å². The highest BCUT2D eigenvalue weighted by Gasteiger charge is 2.19. The molecule has 1 N–H and O–H groups in total. The molecule has 0 amide bonds. The number of halogens is 1. The number of benzene rings is 1. The van der Waals surface area contributed by atoms with Gasteiger partial charge in [-0.3, -0.25) is 4.90 Å². The van der Waals surface area contributed by atoms with Crippen LogP contribution in [0.3, 0.4) is 0 Å². The van der Waals surface area contributed by atoms with Crippen LogP contribution in [0.5, 0.6) is 0 Å². The fraction of sp³-hybridized carbons (Fsp3) is 0.500. The summed E-state index contributed by atoms with van der Waals surface area (Å²) in [6.45, 7) is 3.05. The third-order valence-electron chi connectivity index (χ3n) is 3.49. The highest BCUT2D eigenvalue weighted by molar-refractivity contribution is 6.31. The van der Waals surface area contributed by atoms with Gasteiger partial charge in [0.25, 0.3) is 0 Å². The largest absolute Gasteiger partial charge is 0.316 e. The standard InChI is InChI=1S/C14H18ClN3/c1-17-13-3-2-6-18(10-13)9-12-5-4-11(8-16)7-14(12)15/h4-5,7,13,17H,2-3,6,9-10H2,1H3. The van der Waals surface area contributed by atoms with Gasteiger partial charge in [0, 0.05) is 24.2 Å². The summed E-state index contributed by atoms with van der Waals surface area (Å²) in [7, 11) is 2.02. The minimum absolute atomic E-state index is 0.580. The molecule has 1 atom stereocenters. The molecule has 1 aromatic rings. The summed E-state index contributed by atoms with van der Waals surface area (Å²) < 4.78 is 0. The molecule has 1 saturated heterocycles. The molecule has 18 heavy (non-hydrogen) atoms. The Balaban J connectivity index is 2.03. The van der Waals surface area contributed by atoms with Gasteiger partial charge in [-0.1, -0.05) is 17.7 Å². The Hall–Kier alpha value is -1.08. The average Bonchev–Trinajstić information content (AvgIpc) is 2.41. The van der Waals surface area contributed by atoms with Crippen molar-refractivity contribution in [3.63, 3.8) is 0 Å². The Kier molecular flexibility index (Phi) is 4.60. The number of nitrogens with one attached hydrogen (secondary N) is 1. The molecule has 0 saturated carbocycles. The lowest BCUT2D eigenvalue weighted by atomic mass is 10.0. The SMILES string of the molecule is CNC1CCCN(Cc2ccc(C#N)cc2Cl)C1. The second-order valence-corrected chi connectivity index (χ2v) is 5.19. The maximum atomic E-state index is 8.81. The normalized spacial score (nSPS) is 20.6. The van der Waals surface area contributed by atoms with Crippen LogP contribution < -0.4 is 5.32 Å². The molecule has 1 aliphatic rings. The Morgan fingerprint density at radius 2 is 2.39 bits per heavy atom. The molecule has 1 fully saturated rings. The molecule has 0 bridgehead atoms. The molecule has 0 spiro atoms. The molecule has 3 nitrogen and oxygen atoms in total. The van der Waals surface area contributed by atoms with Gasteiger partial charge in [0.1, 0.15) is 0 Å². The van der Waals surface area contributed by atoms with Crippen LogP contribution >= 0.6 is 11.6 Å². The van der Waals surface area contributed by atoms with E-state index in [1.54, 1.807) is 6.07 Å².